The number of amides is 1. The fourth-order valence-electron chi connectivity index (χ4n) is 1.29. The first-order valence-corrected chi connectivity index (χ1v) is 5.50. The van der Waals surface area contributed by atoms with Gasteiger partial charge in [0.1, 0.15) is 5.54 Å². The van der Waals surface area contributed by atoms with Crippen molar-refractivity contribution in [2.75, 3.05) is 20.8 Å². The molecule has 0 heterocycles. The van der Waals surface area contributed by atoms with E-state index in [4.69, 9.17) is 10.5 Å². The van der Waals surface area contributed by atoms with Gasteiger partial charge in [0.25, 0.3) is 0 Å². The second kappa shape index (κ2) is 7.24. The summed E-state index contributed by atoms with van der Waals surface area (Å²) in [5.74, 6) is -0.869. The zero-order chi connectivity index (χ0) is 13.5. The van der Waals surface area contributed by atoms with Crippen LogP contribution in [-0.4, -0.2) is 44.3 Å². The highest BCUT2D eigenvalue weighted by atomic mass is 16.5. The van der Waals surface area contributed by atoms with Crippen molar-refractivity contribution in [1.29, 1.82) is 0 Å². The van der Waals surface area contributed by atoms with E-state index in [2.05, 4.69) is 10.1 Å². The van der Waals surface area contributed by atoms with Gasteiger partial charge >= 0.3 is 5.97 Å². The Hall–Kier alpha value is -1.14. The van der Waals surface area contributed by atoms with Crippen LogP contribution < -0.4 is 11.1 Å². The lowest BCUT2D eigenvalue weighted by Crippen LogP contribution is -2.55. The molecule has 0 aromatic carbocycles. The normalized spacial score (nSPS) is 13.0. The third-order valence-electron chi connectivity index (χ3n) is 2.33. The molecule has 0 bridgehead atoms. The molecule has 1 atom stereocenters. The van der Waals surface area contributed by atoms with Gasteiger partial charge in [-0.2, -0.15) is 0 Å². The molecule has 0 aliphatic rings. The van der Waals surface area contributed by atoms with Crippen LogP contribution in [0.4, 0.5) is 0 Å². The van der Waals surface area contributed by atoms with Gasteiger partial charge < -0.3 is 20.5 Å². The average molecular weight is 246 g/mol. The quantitative estimate of drug-likeness (QED) is 0.480. The van der Waals surface area contributed by atoms with Gasteiger partial charge in [-0.25, -0.2) is 4.79 Å². The number of hydrogen-bond acceptors (Lipinski definition) is 5. The van der Waals surface area contributed by atoms with E-state index < -0.39 is 17.6 Å². The Morgan fingerprint density at radius 2 is 1.94 bits per heavy atom. The Labute approximate surface area is 102 Å². The van der Waals surface area contributed by atoms with Gasteiger partial charge in [-0.1, -0.05) is 0 Å². The smallest absolute Gasteiger partial charge is 0.330 e. The lowest BCUT2D eigenvalue weighted by Gasteiger charge is -2.24. The van der Waals surface area contributed by atoms with Crippen LogP contribution in [0.5, 0.6) is 0 Å². The first-order chi connectivity index (χ1) is 7.85. The van der Waals surface area contributed by atoms with E-state index in [1.165, 1.54) is 7.11 Å². The molecule has 0 aromatic rings. The molecule has 0 saturated carbocycles. The number of carbonyl (C=O) groups excluding carboxylic acids is 2. The fourth-order valence-corrected chi connectivity index (χ4v) is 1.29. The van der Waals surface area contributed by atoms with Crippen LogP contribution in [0.3, 0.4) is 0 Å². The third-order valence-corrected chi connectivity index (χ3v) is 2.33. The van der Waals surface area contributed by atoms with Gasteiger partial charge in [0.05, 0.1) is 13.2 Å². The molecule has 17 heavy (non-hydrogen) atoms. The van der Waals surface area contributed by atoms with Crippen LogP contribution in [0.2, 0.25) is 0 Å². The SMILES string of the molecule is COCCCC(N)C(=O)NC(C)(C)C(=O)OC. The minimum atomic E-state index is -1.06. The molecule has 0 aliphatic heterocycles. The van der Waals surface area contributed by atoms with Crippen LogP contribution in [0, 0.1) is 0 Å². The Balaban J connectivity index is 4.19. The van der Waals surface area contributed by atoms with E-state index in [1.54, 1.807) is 21.0 Å². The van der Waals surface area contributed by atoms with Crippen molar-refractivity contribution in [3.8, 4) is 0 Å². The van der Waals surface area contributed by atoms with Gasteiger partial charge in [0.15, 0.2) is 0 Å². The number of rotatable bonds is 7. The molecule has 0 saturated heterocycles. The minimum Gasteiger partial charge on any atom is -0.467 e. The molecule has 0 spiro atoms. The monoisotopic (exact) mass is 246 g/mol. The second-order valence-corrected chi connectivity index (χ2v) is 4.35. The molecular weight excluding hydrogens is 224 g/mol. The van der Waals surface area contributed by atoms with Crippen LogP contribution in [0.15, 0.2) is 0 Å². The van der Waals surface area contributed by atoms with Crippen molar-refractivity contribution in [2.24, 2.45) is 5.73 Å². The molecule has 1 unspecified atom stereocenters. The molecule has 0 aliphatic carbocycles. The van der Waals surface area contributed by atoms with E-state index in [-0.39, 0.29) is 5.91 Å². The van der Waals surface area contributed by atoms with Crippen LogP contribution in [0.25, 0.3) is 0 Å². The highest BCUT2D eigenvalue weighted by Crippen LogP contribution is 2.06. The summed E-state index contributed by atoms with van der Waals surface area (Å²) >= 11 is 0. The van der Waals surface area contributed by atoms with Crippen molar-refractivity contribution in [3.05, 3.63) is 0 Å². The Kier molecular flexibility index (Phi) is 6.75. The van der Waals surface area contributed by atoms with Gasteiger partial charge in [-0.3, -0.25) is 4.79 Å². The van der Waals surface area contributed by atoms with E-state index in [0.717, 1.165) is 0 Å². The number of nitrogens with one attached hydrogen (secondary N) is 1. The molecule has 0 fully saturated rings. The first kappa shape index (κ1) is 15.9. The van der Waals surface area contributed by atoms with Gasteiger partial charge in [-0.05, 0) is 26.7 Å². The van der Waals surface area contributed by atoms with E-state index >= 15 is 0 Å². The lowest BCUT2D eigenvalue weighted by molar-refractivity contribution is -0.149. The Morgan fingerprint density at radius 1 is 1.35 bits per heavy atom. The molecule has 1 amide bonds. The predicted octanol–water partition coefficient (Wildman–Crippen LogP) is -0.192. The first-order valence-electron chi connectivity index (χ1n) is 5.50. The maximum Gasteiger partial charge on any atom is 0.330 e. The number of esters is 1. The number of nitrogens with two attached hydrogens (primary N) is 1. The van der Waals surface area contributed by atoms with E-state index in [0.29, 0.717) is 19.4 Å². The summed E-state index contributed by atoms with van der Waals surface area (Å²) in [6, 6.07) is -0.644. The standard InChI is InChI=1S/C11H22N2O4/c1-11(2,10(15)17-4)13-9(14)8(12)6-5-7-16-3/h8H,5-7,12H2,1-4H3,(H,13,14). The highest BCUT2D eigenvalue weighted by molar-refractivity contribution is 5.89. The Morgan fingerprint density at radius 3 is 2.41 bits per heavy atom. The zero-order valence-corrected chi connectivity index (χ0v) is 10.9. The van der Waals surface area contributed by atoms with Gasteiger partial charge in [0.2, 0.25) is 5.91 Å². The largest absolute Gasteiger partial charge is 0.467 e. The summed E-state index contributed by atoms with van der Waals surface area (Å²) in [6.07, 6.45) is 1.21. The van der Waals surface area contributed by atoms with Crippen molar-refractivity contribution >= 4 is 11.9 Å². The van der Waals surface area contributed by atoms with E-state index in [1.807, 2.05) is 0 Å². The molecule has 0 rings (SSSR count). The summed E-state index contributed by atoms with van der Waals surface area (Å²) in [4.78, 5) is 23.0. The lowest BCUT2D eigenvalue weighted by atomic mass is 10.0. The maximum absolute atomic E-state index is 11.7. The van der Waals surface area contributed by atoms with Crippen LogP contribution in [0.1, 0.15) is 26.7 Å². The van der Waals surface area contributed by atoms with E-state index in [9.17, 15) is 9.59 Å². The average Bonchev–Trinajstić information content (AvgIpc) is 2.27. The molecule has 0 radical (unpaired) electrons. The zero-order valence-electron chi connectivity index (χ0n) is 10.9. The van der Waals surface area contributed by atoms with Crippen molar-refractivity contribution in [2.45, 2.75) is 38.3 Å². The number of ether oxygens (including phenoxy) is 2. The molecule has 6 nitrogen and oxygen atoms in total. The molecule has 3 N–H and O–H groups in total. The molecule has 6 heteroatoms. The van der Waals surface area contributed by atoms with Crippen LogP contribution >= 0.6 is 0 Å². The summed E-state index contributed by atoms with van der Waals surface area (Å²) in [5, 5.41) is 2.55. The topological polar surface area (TPSA) is 90.6 Å². The van der Waals surface area contributed by atoms with Gasteiger partial charge in [0, 0.05) is 13.7 Å². The number of hydrogen-bond donors (Lipinski definition) is 2. The predicted molar refractivity (Wildman–Crippen MR) is 63.3 cm³/mol. The van der Waals surface area contributed by atoms with Crippen molar-refractivity contribution < 1.29 is 19.1 Å². The number of carbonyl (C=O) groups is 2. The Bertz CT molecular complexity index is 266. The molecule has 0 aromatic heterocycles. The van der Waals surface area contributed by atoms with Crippen molar-refractivity contribution in [1.82, 2.24) is 5.32 Å². The number of methoxy groups -OCH3 is 2. The second-order valence-electron chi connectivity index (χ2n) is 4.35. The highest BCUT2D eigenvalue weighted by Gasteiger charge is 2.31. The third kappa shape index (κ3) is 5.65. The maximum atomic E-state index is 11.7. The summed E-state index contributed by atoms with van der Waals surface area (Å²) in [6.45, 7) is 3.69. The summed E-state index contributed by atoms with van der Waals surface area (Å²) in [5.41, 5.74) is 4.62. The molecule has 100 valence electrons. The molecular formula is C11H22N2O4. The van der Waals surface area contributed by atoms with Crippen molar-refractivity contribution in [3.63, 3.8) is 0 Å². The summed E-state index contributed by atoms with van der Waals surface area (Å²) in [7, 11) is 2.86. The van der Waals surface area contributed by atoms with Gasteiger partial charge in [-0.15, -0.1) is 0 Å². The minimum absolute atomic E-state index is 0.364. The summed E-state index contributed by atoms with van der Waals surface area (Å²) < 4.78 is 9.45. The van der Waals surface area contributed by atoms with Crippen LogP contribution in [-0.2, 0) is 19.1 Å². The fraction of sp³-hybridized carbons (Fsp3) is 0.818.